The van der Waals surface area contributed by atoms with Gasteiger partial charge in [0, 0.05) is 4.47 Å². The van der Waals surface area contributed by atoms with Crippen molar-refractivity contribution in [3.63, 3.8) is 0 Å². The van der Waals surface area contributed by atoms with Gasteiger partial charge in [0.05, 0.1) is 6.67 Å². The van der Waals surface area contributed by atoms with E-state index in [1.54, 1.807) is 0 Å². The van der Waals surface area contributed by atoms with Gasteiger partial charge in [0.15, 0.2) is 0 Å². The van der Waals surface area contributed by atoms with Crippen molar-refractivity contribution in [3.8, 4) is 0 Å². The van der Waals surface area contributed by atoms with Crippen LogP contribution in [0.3, 0.4) is 0 Å². The van der Waals surface area contributed by atoms with Crippen molar-refractivity contribution >= 4 is 15.9 Å². The van der Waals surface area contributed by atoms with Crippen LogP contribution in [0, 0.1) is 23.7 Å². The zero-order valence-electron chi connectivity index (χ0n) is 16.0. The number of allylic oxidation sites excluding steroid dienone is 2. The minimum atomic E-state index is -0.211. The van der Waals surface area contributed by atoms with Gasteiger partial charge in [-0.05, 0) is 99.2 Å². The van der Waals surface area contributed by atoms with Gasteiger partial charge < -0.3 is 0 Å². The molecule has 0 amide bonds. The Labute approximate surface area is 167 Å². The van der Waals surface area contributed by atoms with E-state index in [-0.39, 0.29) is 6.67 Å². The molecular weight excluding hydrogens is 387 g/mol. The van der Waals surface area contributed by atoms with Crippen molar-refractivity contribution in [2.24, 2.45) is 23.7 Å². The maximum atomic E-state index is 12.2. The number of alkyl halides is 1. The summed E-state index contributed by atoms with van der Waals surface area (Å²) in [5, 5.41) is 0. The summed E-state index contributed by atoms with van der Waals surface area (Å²) in [7, 11) is 0. The Kier molecular flexibility index (Phi) is 8.23. The second-order valence-electron chi connectivity index (χ2n) is 8.53. The smallest absolute Gasteiger partial charge is 0.0928 e. The highest BCUT2D eigenvalue weighted by Gasteiger charge is 2.30. The molecule has 26 heavy (non-hydrogen) atoms. The average Bonchev–Trinajstić information content (AvgIpc) is 2.69. The summed E-state index contributed by atoms with van der Waals surface area (Å²) in [5.41, 5.74) is 1.48. The monoisotopic (exact) mass is 420 g/mol. The highest BCUT2D eigenvalue weighted by atomic mass is 79.9. The molecule has 0 aromatic heterocycles. The Balaban J connectivity index is 1.34. The van der Waals surface area contributed by atoms with E-state index >= 15 is 0 Å². The molecule has 0 bridgehead atoms. The lowest BCUT2D eigenvalue weighted by molar-refractivity contribution is 0.152. The van der Waals surface area contributed by atoms with Crippen molar-refractivity contribution < 1.29 is 4.39 Å². The molecule has 2 saturated carbocycles. The molecule has 0 saturated heterocycles. The topological polar surface area (TPSA) is 0 Å². The first kappa shape index (κ1) is 20.1. The van der Waals surface area contributed by atoms with Crippen LogP contribution in [-0.2, 0) is 6.42 Å². The van der Waals surface area contributed by atoms with E-state index < -0.39 is 0 Å². The lowest BCUT2D eigenvalue weighted by atomic mass is 9.68. The molecule has 0 atom stereocenters. The van der Waals surface area contributed by atoms with Gasteiger partial charge in [-0.15, -0.1) is 0 Å². The highest BCUT2D eigenvalue weighted by Crippen LogP contribution is 2.42. The van der Waals surface area contributed by atoms with Gasteiger partial charge in [-0.1, -0.05) is 53.1 Å². The second-order valence-corrected chi connectivity index (χ2v) is 9.44. The predicted octanol–water partition coefficient (Wildman–Crippen LogP) is 7.91. The molecule has 2 fully saturated rings. The minimum Gasteiger partial charge on any atom is -0.251 e. The standard InChI is InChI=1S/C24H34BrF/c25-24-16-10-21(11-17-24)5-4-20-8-14-23(15-9-20)22-12-6-19(7-13-22)3-1-2-18-26/h1,3,10-11,16-17,19-20,22-23H,2,4-9,12-15,18H2/b3-1+/t19-,20?,22-,23?. The minimum absolute atomic E-state index is 0.211. The van der Waals surface area contributed by atoms with E-state index in [0.29, 0.717) is 6.42 Å². The molecule has 1 aromatic rings. The zero-order chi connectivity index (χ0) is 18.2. The Morgan fingerprint density at radius 2 is 1.50 bits per heavy atom. The van der Waals surface area contributed by atoms with Gasteiger partial charge in [0.2, 0.25) is 0 Å². The van der Waals surface area contributed by atoms with Gasteiger partial charge in [0.25, 0.3) is 0 Å². The van der Waals surface area contributed by atoms with Gasteiger partial charge in [-0.2, -0.15) is 0 Å². The fourth-order valence-electron chi connectivity index (χ4n) is 5.13. The van der Waals surface area contributed by atoms with Crippen LogP contribution >= 0.6 is 15.9 Å². The molecule has 2 heteroatoms. The van der Waals surface area contributed by atoms with Gasteiger partial charge >= 0.3 is 0 Å². The normalized spacial score (nSPS) is 29.9. The Morgan fingerprint density at radius 1 is 0.885 bits per heavy atom. The Bertz CT molecular complexity index is 534. The maximum absolute atomic E-state index is 12.2. The van der Waals surface area contributed by atoms with Crippen LogP contribution < -0.4 is 0 Å². The summed E-state index contributed by atoms with van der Waals surface area (Å²) in [6.07, 6.45) is 18.8. The number of hydrogen-bond donors (Lipinski definition) is 0. The van der Waals surface area contributed by atoms with Crippen LogP contribution in [0.5, 0.6) is 0 Å². The zero-order valence-corrected chi connectivity index (χ0v) is 17.6. The van der Waals surface area contributed by atoms with E-state index in [1.807, 2.05) is 0 Å². The average molecular weight is 421 g/mol. The van der Waals surface area contributed by atoms with Gasteiger partial charge in [0.1, 0.15) is 0 Å². The lowest BCUT2D eigenvalue weighted by Gasteiger charge is -2.37. The fourth-order valence-corrected chi connectivity index (χ4v) is 5.40. The summed E-state index contributed by atoms with van der Waals surface area (Å²) in [4.78, 5) is 0. The fraction of sp³-hybridized carbons (Fsp3) is 0.667. The molecule has 144 valence electrons. The van der Waals surface area contributed by atoms with E-state index in [0.717, 1.165) is 23.7 Å². The maximum Gasteiger partial charge on any atom is 0.0928 e. The third-order valence-electron chi connectivity index (χ3n) is 6.81. The summed E-state index contributed by atoms with van der Waals surface area (Å²) in [5.74, 6) is 3.61. The first-order chi connectivity index (χ1) is 12.7. The molecule has 0 radical (unpaired) electrons. The van der Waals surface area contributed by atoms with Crippen LogP contribution in [0.15, 0.2) is 40.9 Å². The molecule has 0 heterocycles. The number of aryl methyl sites for hydroxylation is 1. The van der Waals surface area contributed by atoms with Crippen LogP contribution in [0.2, 0.25) is 0 Å². The number of hydrogen-bond acceptors (Lipinski definition) is 0. The highest BCUT2D eigenvalue weighted by molar-refractivity contribution is 9.10. The summed E-state index contributed by atoms with van der Waals surface area (Å²) in [6, 6.07) is 8.84. The molecule has 0 spiro atoms. The van der Waals surface area contributed by atoms with E-state index in [1.165, 1.54) is 74.2 Å². The van der Waals surface area contributed by atoms with Crippen molar-refractivity contribution in [1.29, 1.82) is 0 Å². The third-order valence-corrected chi connectivity index (χ3v) is 7.34. The van der Waals surface area contributed by atoms with Crippen molar-refractivity contribution in [2.45, 2.75) is 70.6 Å². The van der Waals surface area contributed by atoms with Crippen LogP contribution in [0.25, 0.3) is 0 Å². The van der Waals surface area contributed by atoms with E-state index in [4.69, 9.17) is 0 Å². The quantitative estimate of drug-likeness (QED) is 0.393. The number of halogens is 2. The number of benzene rings is 1. The third kappa shape index (κ3) is 6.22. The van der Waals surface area contributed by atoms with Crippen LogP contribution in [0.1, 0.15) is 69.8 Å². The first-order valence-electron chi connectivity index (χ1n) is 10.7. The summed E-state index contributed by atoms with van der Waals surface area (Å²) in [6.45, 7) is -0.211. The molecule has 1 aromatic carbocycles. The van der Waals surface area contributed by atoms with E-state index in [9.17, 15) is 4.39 Å². The van der Waals surface area contributed by atoms with Crippen LogP contribution in [-0.4, -0.2) is 6.67 Å². The Hall–Kier alpha value is -0.630. The van der Waals surface area contributed by atoms with Crippen LogP contribution in [0.4, 0.5) is 4.39 Å². The molecule has 0 unspecified atom stereocenters. The Morgan fingerprint density at radius 3 is 2.12 bits per heavy atom. The van der Waals surface area contributed by atoms with Gasteiger partial charge in [-0.3, -0.25) is 4.39 Å². The molecule has 0 aliphatic heterocycles. The molecule has 3 rings (SSSR count). The molecule has 0 nitrogen and oxygen atoms in total. The molecule has 2 aliphatic rings. The lowest BCUT2D eigenvalue weighted by Crippen LogP contribution is -2.25. The van der Waals surface area contributed by atoms with Crippen molar-refractivity contribution in [2.75, 3.05) is 6.67 Å². The SMILES string of the molecule is FCC/C=C/[C@H]1CC[C@H](C2CCC(CCc3ccc(Br)cc3)CC2)CC1. The first-order valence-corrected chi connectivity index (χ1v) is 11.5. The van der Waals surface area contributed by atoms with E-state index in [2.05, 4.69) is 52.3 Å². The largest absolute Gasteiger partial charge is 0.251 e. The van der Waals surface area contributed by atoms with Crippen molar-refractivity contribution in [3.05, 3.63) is 46.5 Å². The van der Waals surface area contributed by atoms with Gasteiger partial charge in [-0.25, -0.2) is 0 Å². The molecular formula is C24H34BrF. The van der Waals surface area contributed by atoms with Crippen molar-refractivity contribution in [1.82, 2.24) is 0 Å². The predicted molar refractivity (Wildman–Crippen MR) is 113 cm³/mol. The summed E-state index contributed by atoms with van der Waals surface area (Å²) < 4.78 is 13.4. The molecule has 0 N–H and O–H groups in total. The number of rotatable bonds is 7. The summed E-state index contributed by atoms with van der Waals surface area (Å²) >= 11 is 3.52. The molecule has 2 aliphatic carbocycles. The second kappa shape index (κ2) is 10.6.